The highest BCUT2D eigenvalue weighted by molar-refractivity contribution is 5.75. The van der Waals surface area contributed by atoms with Crippen LogP contribution in [0.3, 0.4) is 0 Å². The van der Waals surface area contributed by atoms with Gasteiger partial charge in [0, 0.05) is 12.6 Å². The third-order valence-corrected chi connectivity index (χ3v) is 5.02. The number of benzene rings is 1. The average Bonchev–Trinajstić information content (AvgIpc) is 2.57. The molecule has 0 saturated carbocycles. The molecule has 2 fully saturated rings. The SMILES string of the molecule is Cc1ccc(OC2CN(C(=O)NCC(C)N3CCCCC3)C2)cc1. The lowest BCUT2D eigenvalue weighted by atomic mass is 10.1. The summed E-state index contributed by atoms with van der Waals surface area (Å²) in [6.07, 6.45) is 4.01. The molecule has 2 aliphatic heterocycles. The Balaban J connectivity index is 1.34. The van der Waals surface area contributed by atoms with E-state index in [1.54, 1.807) is 0 Å². The maximum absolute atomic E-state index is 12.2. The van der Waals surface area contributed by atoms with Gasteiger partial charge >= 0.3 is 6.03 Å². The molecule has 2 saturated heterocycles. The van der Waals surface area contributed by atoms with Gasteiger partial charge in [0.05, 0.1) is 13.1 Å². The summed E-state index contributed by atoms with van der Waals surface area (Å²) >= 11 is 0. The number of ether oxygens (including phenoxy) is 1. The molecule has 1 aromatic carbocycles. The van der Waals surface area contributed by atoms with Gasteiger partial charge in [0.1, 0.15) is 11.9 Å². The van der Waals surface area contributed by atoms with Gasteiger partial charge in [-0.1, -0.05) is 24.1 Å². The van der Waals surface area contributed by atoms with E-state index in [1.807, 2.05) is 29.2 Å². The quantitative estimate of drug-likeness (QED) is 0.902. The number of hydrogen-bond acceptors (Lipinski definition) is 3. The number of likely N-dealkylation sites (tertiary alicyclic amines) is 2. The van der Waals surface area contributed by atoms with Gasteiger partial charge in [-0.3, -0.25) is 4.90 Å². The normalized spacial score (nSPS) is 20.3. The van der Waals surface area contributed by atoms with Gasteiger partial charge in [-0.2, -0.15) is 0 Å². The van der Waals surface area contributed by atoms with Crippen LogP contribution in [0.25, 0.3) is 0 Å². The Labute approximate surface area is 145 Å². The van der Waals surface area contributed by atoms with Crippen LogP contribution in [0.5, 0.6) is 5.75 Å². The Morgan fingerprint density at radius 3 is 2.54 bits per heavy atom. The summed E-state index contributed by atoms with van der Waals surface area (Å²) in [6.45, 7) is 8.63. The first-order valence-corrected chi connectivity index (χ1v) is 9.12. The van der Waals surface area contributed by atoms with Crippen molar-refractivity contribution in [1.29, 1.82) is 0 Å². The van der Waals surface area contributed by atoms with E-state index in [-0.39, 0.29) is 12.1 Å². The zero-order valence-corrected chi connectivity index (χ0v) is 14.8. The van der Waals surface area contributed by atoms with Crippen LogP contribution in [-0.2, 0) is 0 Å². The zero-order chi connectivity index (χ0) is 16.9. The minimum absolute atomic E-state index is 0.0302. The average molecular weight is 331 g/mol. The van der Waals surface area contributed by atoms with Gasteiger partial charge in [0.2, 0.25) is 0 Å². The van der Waals surface area contributed by atoms with Crippen LogP contribution in [-0.4, -0.2) is 60.7 Å². The van der Waals surface area contributed by atoms with Gasteiger partial charge in [-0.25, -0.2) is 4.79 Å². The van der Waals surface area contributed by atoms with E-state index in [1.165, 1.54) is 24.8 Å². The second-order valence-corrected chi connectivity index (χ2v) is 7.09. The summed E-state index contributed by atoms with van der Waals surface area (Å²) < 4.78 is 5.88. The maximum Gasteiger partial charge on any atom is 0.317 e. The molecule has 1 aromatic rings. The van der Waals surface area contributed by atoms with E-state index in [2.05, 4.69) is 24.1 Å². The number of aryl methyl sites for hydroxylation is 1. The fourth-order valence-corrected chi connectivity index (χ4v) is 3.32. The molecule has 1 unspecified atom stereocenters. The highest BCUT2D eigenvalue weighted by Crippen LogP contribution is 2.18. The van der Waals surface area contributed by atoms with Crippen LogP contribution in [0, 0.1) is 6.92 Å². The first-order valence-electron chi connectivity index (χ1n) is 9.12. The van der Waals surface area contributed by atoms with Gasteiger partial charge in [0.15, 0.2) is 0 Å². The molecular formula is C19H29N3O2. The molecule has 0 aromatic heterocycles. The van der Waals surface area contributed by atoms with Crippen molar-refractivity contribution in [2.24, 2.45) is 0 Å². The molecule has 0 bridgehead atoms. The molecule has 2 aliphatic rings. The number of piperidine rings is 1. The van der Waals surface area contributed by atoms with E-state index in [9.17, 15) is 4.79 Å². The van der Waals surface area contributed by atoms with Crippen LogP contribution in [0.15, 0.2) is 24.3 Å². The van der Waals surface area contributed by atoms with Crippen LogP contribution < -0.4 is 10.1 Å². The predicted molar refractivity (Wildman–Crippen MR) is 95.5 cm³/mol. The summed E-state index contributed by atoms with van der Waals surface area (Å²) in [5.74, 6) is 0.879. The molecule has 0 spiro atoms. The van der Waals surface area contributed by atoms with Crippen molar-refractivity contribution in [3.63, 3.8) is 0 Å². The summed E-state index contributed by atoms with van der Waals surface area (Å²) in [5, 5.41) is 3.06. The van der Waals surface area contributed by atoms with Crippen molar-refractivity contribution >= 4 is 6.03 Å². The summed E-state index contributed by atoms with van der Waals surface area (Å²) in [4.78, 5) is 16.5. The number of urea groups is 1. The lowest BCUT2D eigenvalue weighted by Gasteiger charge is -2.39. The molecule has 24 heavy (non-hydrogen) atoms. The van der Waals surface area contributed by atoms with E-state index < -0.39 is 0 Å². The first kappa shape index (κ1) is 17.1. The van der Waals surface area contributed by atoms with Gasteiger partial charge in [-0.15, -0.1) is 0 Å². The Bertz CT molecular complexity index is 534. The van der Waals surface area contributed by atoms with E-state index in [0.717, 1.165) is 25.4 Å². The van der Waals surface area contributed by atoms with Gasteiger partial charge in [-0.05, 0) is 51.9 Å². The Kier molecular flexibility index (Phi) is 5.61. The van der Waals surface area contributed by atoms with Crippen molar-refractivity contribution in [3.8, 4) is 5.75 Å². The molecule has 5 nitrogen and oxygen atoms in total. The van der Waals surface area contributed by atoms with E-state index >= 15 is 0 Å². The van der Waals surface area contributed by atoms with E-state index in [0.29, 0.717) is 19.1 Å². The zero-order valence-electron chi connectivity index (χ0n) is 14.8. The summed E-state index contributed by atoms with van der Waals surface area (Å²) in [7, 11) is 0. The van der Waals surface area contributed by atoms with Crippen molar-refractivity contribution in [2.75, 3.05) is 32.7 Å². The van der Waals surface area contributed by atoms with Crippen LogP contribution in [0.1, 0.15) is 31.7 Å². The molecule has 0 radical (unpaired) electrons. The number of hydrogen-bond donors (Lipinski definition) is 1. The molecule has 5 heteroatoms. The van der Waals surface area contributed by atoms with E-state index in [4.69, 9.17) is 4.74 Å². The molecule has 2 heterocycles. The Morgan fingerprint density at radius 2 is 1.88 bits per heavy atom. The molecule has 0 aliphatic carbocycles. The van der Waals surface area contributed by atoms with Crippen molar-refractivity contribution in [3.05, 3.63) is 29.8 Å². The maximum atomic E-state index is 12.2. The van der Waals surface area contributed by atoms with Crippen molar-refractivity contribution < 1.29 is 9.53 Å². The summed E-state index contributed by atoms with van der Waals surface area (Å²) in [6, 6.07) is 8.50. The van der Waals surface area contributed by atoms with Gasteiger partial charge in [0.25, 0.3) is 0 Å². The van der Waals surface area contributed by atoms with Crippen LogP contribution in [0.4, 0.5) is 4.79 Å². The molecular weight excluding hydrogens is 302 g/mol. The van der Waals surface area contributed by atoms with Crippen molar-refractivity contribution in [1.82, 2.24) is 15.1 Å². The van der Waals surface area contributed by atoms with Crippen molar-refractivity contribution in [2.45, 2.75) is 45.3 Å². The third kappa shape index (κ3) is 4.41. The molecule has 1 atom stereocenters. The number of rotatable bonds is 5. The minimum atomic E-state index is 0.0302. The van der Waals surface area contributed by atoms with Crippen LogP contribution >= 0.6 is 0 Å². The lowest BCUT2D eigenvalue weighted by molar-refractivity contribution is 0.0436. The highest BCUT2D eigenvalue weighted by atomic mass is 16.5. The highest BCUT2D eigenvalue weighted by Gasteiger charge is 2.32. The Hall–Kier alpha value is -1.75. The monoisotopic (exact) mass is 331 g/mol. The minimum Gasteiger partial charge on any atom is -0.487 e. The second kappa shape index (κ2) is 7.88. The molecule has 132 valence electrons. The largest absolute Gasteiger partial charge is 0.487 e. The first-order chi connectivity index (χ1) is 11.6. The smallest absolute Gasteiger partial charge is 0.317 e. The fraction of sp³-hybridized carbons (Fsp3) is 0.632. The third-order valence-electron chi connectivity index (χ3n) is 5.02. The number of carbonyl (C=O) groups excluding carboxylic acids is 1. The number of carbonyl (C=O) groups is 1. The number of amides is 2. The molecule has 2 amide bonds. The number of nitrogens with one attached hydrogen (secondary N) is 1. The Morgan fingerprint density at radius 1 is 1.21 bits per heavy atom. The predicted octanol–water partition coefficient (Wildman–Crippen LogP) is 2.64. The topological polar surface area (TPSA) is 44.8 Å². The van der Waals surface area contributed by atoms with Crippen LogP contribution in [0.2, 0.25) is 0 Å². The molecule has 1 N–H and O–H groups in total. The molecule has 3 rings (SSSR count). The fourth-order valence-electron chi connectivity index (χ4n) is 3.32. The lowest BCUT2D eigenvalue weighted by Crippen LogP contribution is -2.59. The number of nitrogens with zero attached hydrogens (tertiary/aromatic N) is 2. The summed E-state index contributed by atoms with van der Waals surface area (Å²) in [5.41, 5.74) is 1.22. The standard InChI is InChI=1S/C19H29N3O2/c1-15-6-8-17(9-7-15)24-18-13-22(14-18)19(23)20-12-16(2)21-10-4-3-5-11-21/h6-9,16,18H,3-5,10-14H2,1-2H3,(H,20,23). The van der Waals surface area contributed by atoms with Gasteiger partial charge < -0.3 is 15.0 Å². The second-order valence-electron chi connectivity index (χ2n) is 7.09.